The minimum absolute atomic E-state index is 0. The van der Waals surface area contributed by atoms with Crippen LogP contribution in [0.3, 0.4) is 0 Å². The van der Waals surface area contributed by atoms with Gasteiger partial charge in [0.2, 0.25) is 0 Å². The predicted octanol–water partition coefficient (Wildman–Crippen LogP) is 12.3. The molecular formula is C43H57IrN2O2SSi-. The van der Waals surface area contributed by atoms with Gasteiger partial charge in [0.05, 0.1) is 13.6 Å². The van der Waals surface area contributed by atoms with Gasteiger partial charge >= 0.3 is 0 Å². The molecule has 5 aromatic rings. The maximum Gasteiger partial charge on any atom is 0.164 e. The van der Waals surface area contributed by atoms with Crippen molar-refractivity contribution in [2.24, 2.45) is 10.8 Å². The zero-order valence-corrected chi connectivity index (χ0v) is 36.7. The van der Waals surface area contributed by atoms with Crippen molar-refractivity contribution in [2.45, 2.75) is 120 Å². The number of allylic oxidation sites excluding steroid dienone is 2. The Hall–Kier alpha value is -2.70. The third-order valence-electron chi connectivity index (χ3n) is 10.9. The Balaban J connectivity index is 0.000000323. The molecule has 2 aromatic heterocycles. The number of hydrogen-bond acceptors (Lipinski definition) is 5. The molecule has 0 bridgehead atoms. The summed E-state index contributed by atoms with van der Waals surface area (Å²) in [5.74, 6) is 0.286. The smallest absolute Gasteiger partial charge is 0.164 e. The minimum atomic E-state index is -1.42. The van der Waals surface area contributed by atoms with Gasteiger partial charge in [-0.1, -0.05) is 128 Å². The summed E-state index contributed by atoms with van der Waals surface area (Å²) in [7, 11) is -1.42. The summed E-state index contributed by atoms with van der Waals surface area (Å²) >= 11 is 1.84. The molecule has 5 rings (SSSR count). The second-order valence-electron chi connectivity index (χ2n) is 16.2. The van der Waals surface area contributed by atoms with Crippen LogP contribution in [0, 0.1) is 23.8 Å². The second-order valence-corrected chi connectivity index (χ2v) is 22.2. The van der Waals surface area contributed by atoms with E-state index in [4.69, 9.17) is 9.97 Å². The summed E-state index contributed by atoms with van der Waals surface area (Å²) in [5, 5.41) is 15.3. The number of fused-ring (bicyclic) bond motifs is 4. The first kappa shape index (κ1) is 41.7. The van der Waals surface area contributed by atoms with E-state index in [0.717, 1.165) is 52.5 Å². The van der Waals surface area contributed by atoms with Crippen molar-refractivity contribution >= 4 is 61.5 Å². The van der Waals surface area contributed by atoms with Crippen LogP contribution in [0.25, 0.3) is 42.3 Å². The number of aryl methyl sites for hydroxylation is 1. The third kappa shape index (κ3) is 8.33. The molecule has 0 saturated heterocycles. The Morgan fingerprint density at radius 2 is 1.46 bits per heavy atom. The predicted molar refractivity (Wildman–Crippen MR) is 216 cm³/mol. The van der Waals surface area contributed by atoms with Gasteiger partial charge in [0.1, 0.15) is 12.1 Å². The topological polar surface area (TPSA) is 63.1 Å². The number of aromatic nitrogens is 2. The maximum absolute atomic E-state index is 12.2. The van der Waals surface area contributed by atoms with Crippen LogP contribution in [-0.4, -0.2) is 28.9 Å². The number of carbonyl (C=O) groups is 1. The Labute approximate surface area is 319 Å². The van der Waals surface area contributed by atoms with Gasteiger partial charge in [0.25, 0.3) is 0 Å². The van der Waals surface area contributed by atoms with Gasteiger partial charge in [0.15, 0.2) is 5.78 Å². The van der Waals surface area contributed by atoms with Gasteiger partial charge in [-0.25, -0.2) is 4.98 Å². The maximum atomic E-state index is 12.2. The third-order valence-corrected chi connectivity index (χ3v) is 14.4. The van der Waals surface area contributed by atoms with Crippen LogP contribution < -0.4 is 5.19 Å². The number of carbonyl (C=O) groups excluding carboxylic acids is 1. The van der Waals surface area contributed by atoms with Crippen LogP contribution in [0.15, 0.2) is 60.6 Å². The number of thiophene rings is 1. The van der Waals surface area contributed by atoms with Gasteiger partial charge in [-0.15, -0.1) is 40.5 Å². The largest absolute Gasteiger partial charge is 0.512 e. The summed E-state index contributed by atoms with van der Waals surface area (Å²) in [6.07, 6.45) is 6.47. The molecule has 1 N–H and O–H groups in total. The number of nitrogens with zero attached hydrogens (tertiary/aromatic N) is 2. The quantitative estimate of drug-likeness (QED) is 0.0693. The average Bonchev–Trinajstić information content (AvgIpc) is 3.46. The van der Waals surface area contributed by atoms with E-state index < -0.39 is 8.07 Å². The summed E-state index contributed by atoms with van der Waals surface area (Å²) in [4.78, 5) is 21.7. The summed E-state index contributed by atoms with van der Waals surface area (Å²) < 4.78 is 2.50. The first-order chi connectivity index (χ1) is 22.8. The molecule has 3 aromatic carbocycles. The van der Waals surface area contributed by atoms with E-state index in [0.29, 0.717) is 0 Å². The van der Waals surface area contributed by atoms with Crippen LogP contribution in [0.2, 0.25) is 19.6 Å². The normalized spacial score (nSPS) is 12.9. The van der Waals surface area contributed by atoms with Crippen LogP contribution in [-0.2, 0) is 30.3 Å². The van der Waals surface area contributed by atoms with Crippen LogP contribution in [0.5, 0.6) is 0 Å². The van der Waals surface area contributed by atoms with Crippen molar-refractivity contribution in [1.82, 2.24) is 9.97 Å². The van der Waals surface area contributed by atoms with Gasteiger partial charge in [-0.05, 0) is 43.6 Å². The van der Waals surface area contributed by atoms with E-state index in [2.05, 4.69) is 95.9 Å². The molecule has 0 aliphatic rings. The van der Waals surface area contributed by atoms with Crippen molar-refractivity contribution < 1.29 is 30.0 Å². The van der Waals surface area contributed by atoms with Crippen LogP contribution >= 0.6 is 11.3 Å². The van der Waals surface area contributed by atoms with E-state index in [1.54, 1.807) is 6.33 Å². The second kappa shape index (κ2) is 15.9. The summed E-state index contributed by atoms with van der Waals surface area (Å²) in [6.45, 7) is 28.4. The number of hydrogen-bond donors (Lipinski definition) is 1. The fraction of sp³-hybridized carbons (Fsp3) is 0.465. The zero-order valence-electron chi connectivity index (χ0n) is 32.5. The van der Waals surface area contributed by atoms with E-state index in [1.165, 1.54) is 37.9 Å². The first-order valence-electron chi connectivity index (χ1n) is 17.9. The molecular weight excluding hydrogens is 829 g/mol. The number of aliphatic hydroxyl groups excluding tert-OH is 1. The summed E-state index contributed by atoms with van der Waals surface area (Å²) in [5.41, 5.74) is 5.25. The molecule has 0 atom stereocenters. The van der Waals surface area contributed by atoms with E-state index >= 15 is 0 Å². The molecule has 271 valence electrons. The molecule has 4 nitrogen and oxygen atoms in total. The van der Waals surface area contributed by atoms with E-state index in [1.807, 2.05) is 52.9 Å². The Kier molecular flexibility index (Phi) is 13.3. The van der Waals surface area contributed by atoms with Crippen molar-refractivity contribution in [3.63, 3.8) is 0 Å². The molecule has 0 fully saturated rings. The molecule has 1 radical (unpaired) electrons. The number of rotatable bonds is 9. The Bertz CT molecular complexity index is 2010. The van der Waals surface area contributed by atoms with E-state index in [9.17, 15) is 9.90 Å². The molecule has 0 unspecified atom stereocenters. The van der Waals surface area contributed by atoms with Crippen molar-refractivity contribution in [3.05, 3.63) is 77.8 Å². The zero-order chi connectivity index (χ0) is 36.5. The number of benzene rings is 3. The van der Waals surface area contributed by atoms with Crippen LogP contribution in [0.4, 0.5) is 0 Å². The number of aliphatic hydroxyl groups is 1. The minimum Gasteiger partial charge on any atom is -0.512 e. The standard InChI is InChI=1S/C28H29N2SSi.C15H28O2.Ir/c1-17-23(32(5,6)7)13-12-21-25-27(31-26(17)21)24(29-16-30-25)19-14-18-10-8-9-11-20(18)22(15-19)28(2,3)4;1-7-14(5,8-2)12(16)11-13(17)15(6,9-3)10-4;/h8-13,15-16H,1-7H3;11,16H,7-10H2,1-6H3;/q-1;;/b;12-11-;. The molecule has 0 saturated carbocycles. The van der Waals surface area contributed by atoms with Crippen molar-refractivity contribution in [2.75, 3.05) is 0 Å². The van der Waals surface area contributed by atoms with E-state index in [-0.39, 0.29) is 47.9 Å². The fourth-order valence-corrected chi connectivity index (χ4v) is 9.62. The van der Waals surface area contributed by atoms with Gasteiger partial charge < -0.3 is 5.11 Å². The molecule has 50 heavy (non-hydrogen) atoms. The van der Waals surface area contributed by atoms with Crippen LogP contribution in [0.1, 0.15) is 99.1 Å². The van der Waals surface area contributed by atoms with Gasteiger partial charge in [0, 0.05) is 57.5 Å². The molecule has 7 heteroatoms. The Morgan fingerprint density at radius 1 is 0.860 bits per heavy atom. The SMILES string of the molecule is CCC(C)(CC)C(=O)/C=C(\O)C(C)(CC)CC.Cc1c([Si](C)(C)C)ccc2c1sc1c(-c3[c-]c4ccccc4c(C(C)(C)C)c3)ncnc12.[Ir]. The number of ketones is 1. The average molecular weight is 886 g/mol. The van der Waals surface area contributed by atoms with Gasteiger partial charge in [-0.3, -0.25) is 9.78 Å². The molecule has 0 amide bonds. The first-order valence-corrected chi connectivity index (χ1v) is 22.3. The molecule has 0 aliphatic heterocycles. The van der Waals surface area contributed by atoms with Crippen molar-refractivity contribution in [3.8, 4) is 11.3 Å². The van der Waals surface area contributed by atoms with Crippen molar-refractivity contribution in [1.29, 1.82) is 0 Å². The molecule has 0 spiro atoms. The fourth-order valence-electron chi connectivity index (χ4n) is 6.44. The molecule has 2 heterocycles. The van der Waals surface area contributed by atoms with Gasteiger partial charge in [-0.2, -0.15) is 0 Å². The summed E-state index contributed by atoms with van der Waals surface area (Å²) in [6, 6.07) is 19.1. The Morgan fingerprint density at radius 3 is 2.02 bits per heavy atom. The molecule has 0 aliphatic carbocycles. The monoisotopic (exact) mass is 886 g/mol.